The zero-order valence-electron chi connectivity index (χ0n) is 17.4. The molecule has 0 saturated carbocycles. The van der Waals surface area contributed by atoms with Crippen LogP contribution in [0.2, 0.25) is 0 Å². The summed E-state index contributed by atoms with van der Waals surface area (Å²) in [6.07, 6.45) is -0.217. The van der Waals surface area contributed by atoms with E-state index in [2.05, 4.69) is 0 Å². The van der Waals surface area contributed by atoms with E-state index < -0.39 is 17.5 Å². The van der Waals surface area contributed by atoms with Gasteiger partial charge in [-0.2, -0.15) is 0 Å². The molecule has 0 aliphatic heterocycles. The first-order valence-electron chi connectivity index (χ1n) is 8.85. The molecule has 1 unspecified atom stereocenters. The number of ether oxygens (including phenoxy) is 5. The highest BCUT2D eigenvalue weighted by Crippen LogP contribution is 2.37. The Hall–Kier alpha value is -3.12. The molecule has 0 spiro atoms. The van der Waals surface area contributed by atoms with Crippen LogP contribution in [-0.2, 0) is 4.57 Å². The lowest BCUT2D eigenvalue weighted by molar-refractivity contribution is 0.0818. The number of methoxy groups -OCH3 is 5. The number of rotatable bonds is 11. The summed E-state index contributed by atoms with van der Waals surface area (Å²) in [6, 6.07) is 7.66. The van der Waals surface area contributed by atoms with Gasteiger partial charge in [-0.25, -0.2) is 0 Å². The normalized spacial score (nSPS) is 11.5. The van der Waals surface area contributed by atoms with E-state index in [1.54, 1.807) is 6.07 Å². The smallest absolute Gasteiger partial charge is 0.181 e. The first-order chi connectivity index (χ1) is 14.4. The summed E-state index contributed by atoms with van der Waals surface area (Å²) in [5.74, 6) is -0.860. The molecule has 0 aromatic heterocycles. The summed E-state index contributed by atoms with van der Waals surface area (Å²) in [6.45, 7) is 0. The largest absolute Gasteiger partial charge is 0.497 e. The van der Waals surface area contributed by atoms with Crippen LogP contribution in [0.3, 0.4) is 0 Å². The van der Waals surface area contributed by atoms with E-state index in [1.165, 1.54) is 59.8 Å². The summed E-state index contributed by atoms with van der Waals surface area (Å²) in [5.41, 5.74) is 0.238. The first-order valence-corrected chi connectivity index (χ1v) is 9.84. The van der Waals surface area contributed by atoms with Gasteiger partial charge < -0.3 is 23.7 Å². The Morgan fingerprint density at radius 3 is 1.77 bits per heavy atom. The third-order valence-electron chi connectivity index (χ3n) is 4.53. The SMILES string of the molecule is COc1ccc(C(=O)C(CP=O)C(=O)c2c(OC)cc(OC)cc2OC)c(OC)c1. The molecule has 1 atom stereocenters. The first kappa shape index (κ1) is 23.2. The third kappa shape index (κ3) is 4.71. The second-order valence-corrected chi connectivity index (χ2v) is 6.69. The quantitative estimate of drug-likeness (QED) is 0.300. The van der Waals surface area contributed by atoms with Crippen LogP contribution in [0, 0.1) is 5.92 Å². The Bertz CT molecular complexity index is 916. The molecule has 0 amide bonds. The number of benzene rings is 2. The molecule has 2 aromatic rings. The number of ketones is 2. The molecule has 30 heavy (non-hydrogen) atoms. The van der Waals surface area contributed by atoms with Crippen molar-refractivity contribution >= 4 is 20.0 Å². The van der Waals surface area contributed by atoms with Crippen molar-refractivity contribution in [1.82, 2.24) is 0 Å². The minimum atomic E-state index is -1.25. The van der Waals surface area contributed by atoms with Crippen LogP contribution in [0.4, 0.5) is 0 Å². The fourth-order valence-electron chi connectivity index (χ4n) is 2.97. The van der Waals surface area contributed by atoms with Gasteiger partial charge in [0.05, 0.1) is 47.0 Å². The molecular weight excluding hydrogens is 411 g/mol. The van der Waals surface area contributed by atoms with Gasteiger partial charge in [0, 0.05) is 24.4 Å². The van der Waals surface area contributed by atoms with E-state index in [1.807, 2.05) is 0 Å². The summed E-state index contributed by atoms with van der Waals surface area (Å²) in [4.78, 5) is 26.7. The van der Waals surface area contributed by atoms with Crippen LogP contribution in [0.25, 0.3) is 0 Å². The summed E-state index contributed by atoms with van der Waals surface area (Å²) in [5, 5.41) is 0. The summed E-state index contributed by atoms with van der Waals surface area (Å²) < 4.78 is 37.7. The van der Waals surface area contributed by atoms with Gasteiger partial charge in [0.25, 0.3) is 0 Å². The Morgan fingerprint density at radius 1 is 0.767 bits per heavy atom. The molecule has 0 aliphatic carbocycles. The number of hydrogen-bond donors (Lipinski definition) is 0. The molecule has 2 aromatic carbocycles. The minimum absolute atomic E-state index is 0.0651. The fourth-order valence-corrected chi connectivity index (χ4v) is 3.45. The Kier molecular flexibility index (Phi) is 8.18. The van der Waals surface area contributed by atoms with Gasteiger partial charge in [-0.1, -0.05) is 0 Å². The molecular formula is C21H23O8P. The maximum atomic E-state index is 13.4. The van der Waals surface area contributed by atoms with E-state index in [0.29, 0.717) is 11.5 Å². The third-order valence-corrected chi connectivity index (χ3v) is 5.04. The highest BCUT2D eigenvalue weighted by Gasteiger charge is 2.34. The van der Waals surface area contributed by atoms with E-state index in [0.717, 1.165) is 0 Å². The molecule has 0 N–H and O–H groups in total. The highest BCUT2D eigenvalue weighted by molar-refractivity contribution is 7.23. The lowest BCUT2D eigenvalue weighted by Gasteiger charge is -2.19. The second kappa shape index (κ2) is 10.6. The molecule has 0 aliphatic rings. The van der Waals surface area contributed by atoms with Crippen LogP contribution in [0.15, 0.2) is 30.3 Å². The van der Waals surface area contributed by atoms with E-state index in [4.69, 9.17) is 23.7 Å². The van der Waals surface area contributed by atoms with Crippen molar-refractivity contribution in [3.63, 3.8) is 0 Å². The summed E-state index contributed by atoms with van der Waals surface area (Å²) >= 11 is 0. The average molecular weight is 434 g/mol. The van der Waals surface area contributed by atoms with Gasteiger partial charge in [-0.3, -0.25) is 14.2 Å². The van der Waals surface area contributed by atoms with Crippen LogP contribution >= 0.6 is 8.46 Å². The number of carbonyl (C=O) groups excluding carboxylic acids is 2. The van der Waals surface area contributed by atoms with Crippen molar-refractivity contribution in [3.8, 4) is 28.7 Å². The summed E-state index contributed by atoms with van der Waals surface area (Å²) in [7, 11) is 6.78. The molecule has 2 rings (SSSR count). The van der Waals surface area contributed by atoms with Crippen molar-refractivity contribution in [2.45, 2.75) is 0 Å². The van der Waals surface area contributed by atoms with E-state index >= 15 is 0 Å². The predicted octanol–water partition coefficient (Wildman–Crippen LogP) is 3.70. The average Bonchev–Trinajstić information content (AvgIpc) is 2.79. The topological polar surface area (TPSA) is 97.4 Å². The maximum Gasteiger partial charge on any atom is 0.181 e. The van der Waals surface area contributed by atoms with E-state index in [9.17, 15) is 14.2 Å². The number of hydrogen-bond acceptors (Lipinski definition) is 8. The molecule has 9 heteroatoms. The van der Waals surface area contributed by atoms with Gasteiger partial charge >= 0.3 is 0 Å². The zero-order valence-corrected chi connectivity index (χ0v) is 18.3. The van der Waals surface area contributed by atoms with Gasteiger partial charge in [0.1, 0.15) is 34.3 Å². The van der Waals surface area contributed by atoms with Crippen LogP contribution < -0.4 is 23.7 Å². The van der Waals surface area contributed by atoms with Crippen molar-refractivity contribution in [3.05, 3.63) is 41.5 Å². The molecule has 0 fully saturated rings. The predicted molar refractivity (Wildman–Crippen MR) is 110 cm³/mol. The van der Waals surface area contributed by atoms with Crippen LogP contribution in [0.5, 0.6) is 28.7 Å². The van der Waals surface area contributed by atoms with Gasteiger partial charge in [-0.05, 0) is 12.1 Å². The molecule has 0 heterocycles. The number of carbonyl (C=O) groups is 2. The molecule has 0 radical (unpaired) electrons. The second-order valence-electron chi connectivity index (χ2n) is 6.07. The molecule has 0 saturated heterocycles. The van der Waals surface area contributed by atoms with Crippen molar-refractivity contribution in [2.75, 3.05) is 41.7 Å². The maximum absolute atomic E-state index is 13.4. The minimum Gasteiger partial charge on any atom is -0.497 e. The van der Waals surface area contributed by atoms with Crippen molar-refractivity contribution < 1.29 is 37.8 Å². The van der Waals surface area contributed by atoms with Gasteiger partial charge in [0.15, 0.2) is 20.0 Å². The molecule has 160 valence electrons. The zero-order chi connectivity index (χ0) is 22.3. The lowest BCUT2D eigenvalue weighted by Crippen LogP contribution is -2.27. The fraction of sp³-hybridized carbons (Fsp3) is 0.333. The Balaban J connectivity index is 2.57. The monoisotopic (exact) mass is 434 g/mol. The van der Waals surface area contributed by atoms with Crippen LogP contribution in [0.1, 0.15) is 20.7 Å². The van der Waals surface area contributed by atoms with Crippen molar-refractivity contribution in [1.29, 1.82) is 0 Å². The highest BCUT2D eigenvalue weighted by atomic mass is 31.1. The van der Waals surface area contributed by atoms with Gasteiger partial charge in [0.2, 0.25) is 0 Å². The van der Waals surface area contributed by atoms with E-state index in [-0.39, 0.29) is 43.0 Å². The standard InChI is InChI=1S/C21H23O8P/c1-25-12-6-7-14(16(8-12)27-3)20(22)15(11-30-24)21(23)19-17(28-4)9-13(26-2)10-18(19)29-5/h6-10,15H,11H2,1-5H3. The number of Topliss-reactive ketones (excluding diaryl/α,β-unsaturated/α-hetero) is 2. The Labute approximate surface area is 176 Å². The molecule has 0 bridgehead atoms. The molecule has 8 nitrogen and oxygen atoms in total. The van der Waals surface area contributed by atoms with Crippen molar-refractivity contribution in [2.24, 2.45) is 5.92 Å². The lowest BCUT2D eigenvalue weighted by atomic mass is 9.90. The van der Waals surface area contributed by atoms with Gasteiger partial charge in [-0.15, -0.1) is 0 Å². The van der Waals surface area contributed by atoms with Crippen LogP contribution in [-0.4, -0.2) is 53.3 Å². The Morgan fingerprint density at radius 2 is 1.30 bits per heavy atom.